The second kappa shape index (κ2) is 8.83. The molecule has 2 heterocycles. The Morgan fingerprint density at radius 3 is 2.27 bits per heavy atom. The SMILES string of the molecule is CC(C)N(C(=O)Cn1c(=O)n(Cc2ccc(Cl)cc2)c(=O)c2ncccc21)C(C)C. The first kappa shape index (κ1) is 21.8. The molecule has 1 amide bonds. The van der Waals surface area contributed by atoms with Crippen LogP contribution in [0, 0.1) is 0 Å². The monoisotopic (exact) mass is 428 g/mol. The smallest absolute Gasteiger partial charge is 0.332 e. The predicted octanol–water partition coefficient (Wildman–Crippen LogP) is 2.91. The summed E-state index contributed by atoms with van der Waals surface area (Å²) in [5, 5.41) is 0.566. The van der Waals surface area contributed by atoms with Crippen molar-refractivity contribution in [2.45, 2.75) is 52.9 Å². The van der Waals surface area contributed by atoms with Gasteiger partial charge in [0.25, 0.3) is 5.56 Å². The van der Waals surface area contributed by atoms with Gasteiger partial charge in [-0.2, -0.15) is 0 Å². The number of amides is 1. The minimum atomic E-state index is -0.545. The predicted molar refractivity (Wildman–Crippen MR) is 118 cm³/mol. The van der Waals surface area contributed by atoms with Crippen molar-refractivity contribution in [1.82, 2.24) is 19.0 Å². The molecule has 0 atom stereocenters. The molecule has 1 aromatic carbocycles. The zero-order valence-electron chi connectivity index (χ0n) is 17.5. The van der Waals surface area contributed by atoms with Crippen molar-refractivity contribution < 1.29 is 4.79 Å². The number of pyridine rings is 1. The van der Waals surface area contributed by atoms with E-state index in [1.165, 1.54) is 10.8 Å². The lowest BCUT2D eigenvalue weighted by molar-refractivity contribution is -0.135. The summed E-state index contributed by atoms with van der Waals surface area (Å²) in [5.41, 5.74) is 0.216. The number of aromatic nitrogens is 3. The fourth-order valence-corrected chi connectivity index (χ4v) is 3.82. The van der Waals surface area contributed by atoms with Crippen LogP contribution in [0.25, 0.3) is 11.0 Å². The van der Waals surface area contributed by atoms with Crippen LogP contribution in [-0.2, 0) is 17.9 Å². The minimum Gasteiger partial charge on any atom is -0.336 e. The number of nitrogens with zero attached hydrogens (tertiary/aromatic N) is 4. The summed E-state index contributed by atoms with van der Waals surface area (Å²) in [6.45, 7) is 7.62. The molecule has 0 unspecified atom stereocenters. The number of hydrogen-bond acceptors (Lipinski definition) is 4. The molecule has 0 fully saturated rings. The molecule has 0 aliphatic heterocycles. The van der Waals surface area contributed by atoms with Gasteiger partial charge >= 0.3 is 5.69 Å². The molecule has 0 saturated carbocycles. The highest BCUT2D eigenvalue weighted by Gasteiger charge is 2.23. The molecule has 0 spiro atoms. The first-order valence-corrected chi connectivity index (χ1v) is 10.2. The molecule has 3 rings (SSSR count). The fraction of sp³-hybridized carbons (Fsp3) is 0.364. The van der Waals surface area contributed by atoms with Gasteiger partial charge in [-0.3, -0.25) is 18.7 Å². The standard InChI is InChI=1S/C22H25ClN4O3/c1-14(2)27(15(3)4)19(28)13-25-18-6-5-11-24-20(18)21(29)26(22(25)30)12-16-7-9-17(23)10-8-16/h5-11,14-15H,12-13H2,1-4H3. The van der Waals surface area contributed by atoms with Gasteiger partial charge < -0.3 is 4.90 Å². The van der Waals surface area contributed by atoms with Crippen LogP contribution in [0.15, 0.2) is 52.2 Å². The van der Waals surface area contributed by atoms with Gasteiger partial charge in [0, 0.05) is 23.3 Å². The van der Waals surface area contributed by atoms with Crippen LogP contribution < -0.4 is 11.2 Å². The third-order valence-corrected chi connectivity index (χ3v) is 5.19. The van der Waals surface area contributed by atoms with Crippen LogP contribution in [-0.4, -0.2) is 37.0 Å². The van der Waals surface area contributed by atoms with E-state index in [2.05, 4.69) is 4.98 Å². The molecule has 0 bridgehead atoms. The summed E-state index contributed by atoms with van der Waals surface area (Å²) >= 11 is 5.93. The first-order valence-electron chi connectivity index (χ1n) is 9.84. The highest BCUT2D eigenvalue weighted by molar-refractivity contribution is 6.30. The summed E-state index contributed by atoms with van der Waals surface area (Å²) in [4.78, 5) is 45.2. The van der Waals surface area contributed by atoms with Gasteiger partial charge in [-0.05, 0) is 57.5 Å². The maximum Gasteiger partial charge on any atom is 0.332 e. The van der Waals surface area contributed by atoms with E-state index in [-0.39, 0.29) is 36.6 Å². The van der Waals surface area contributed by atoms with E-state index in [4.69, 9.17) is 11.6 Å². The number of benzene rings is 1. The number of rotatable bonds is 6. The lowest BCUT2D eigenvalue weighted by atomic mass is 10.2. The van der Waals surface area contributed by atoms with Crippen molar-refractivity contribution in [2.75, 3.05) is 0 Å². The van der Waals surface area contributed by atoms with Crippen molar-refractivity contribution >= 4 is 28.5 Å². The van der Waals surface area contributed by atoms with Gasteiger partial charge in [0.2, 0.25) is 5.91 Å². The second-order valence-corrected chi connectivity index (χ2v) is 8.18. The molecule has 158 valence electrons. The van der Waals surface area contributed by atoms with E-state index in [1.807, 2.05) is 27.7 Å². The van der Waals surface area contributed by atoms with E-state index in [1.54, 1.807) is 41.3 Å². The molecule has 0 saturated heterocycles. The molecule has 0 N–H and O–H groups in total. The first-order chi connectivity index (χ1) is 14.2. The largest absolute Gasteiger partial charge is 0.336 e. The van der Waals surface area contributed by atoms with E-state index < -0.39 is 11.2 Å². The molecule has 3 aromatic rings. The summed E-state index contributed by atoms with van der Waals surface area (Å²) in [6.07, 6.45) is 1.50. The quantitative estimate of drug-likeness (QED) is 0.604. The summed E-state index contributed by atoms with van der Waals surface area (Å²) in [7, 11) is 0. The van der Waals surface area contributed by atoms with Gasteiger partial charge in [-0.15, -0.1) is 0 Å². The van der Waals surface area contributed by atoms with Crippen LogP contribution in [0.3, 0.4) is 0 Å². The van der Waals surface area contributed by atoms with Crippen molar-refractivity contribution in [3.63, 3.8) is 0 Å². The molecule has 0 aliphatic rings. The maximum atomic E-state index is 13.3. The summed E-state index contributed by atoms with van der Waals surface area (Å²) in [5.74, 6) is -0.191. The van der Waals surface area contributed by atoms with Gasteiger partial charge in [0.15, 0.2) is 5.52 Å². The highest BCUT2D eigenvalue weighted by atomic mass is 35.5. The Labute approximate surface area is 179 Å². The Hall–Kier alpha value is -2.93. The molecule has 2 aromatic heterocycles. The Bertz CT molecular complexity index is 1170. The van der Waals surface area contributed by atoms with E-state index in [9.17, 15) is 14.4 Å². The topological polar surface area (TPSA) is 77.2 Å². The Balaban J connectivity index is 2.14. The number of hydrogen-bond donors (Lipinski definition) is 0. The average Bonchev–Trinajstić information content (AvgIpc) is 2.69. The van der Waals surface area contributed by atoms with Crippen molar-refractivity contribution in [3.05, 3.63) is 74.0 Å². The number of carbonyl (C=O) groups is 1. The lowest BCUT2D eigenvalue weighted by Crippen LogP contribution is -2.47. The van der Waals surface area contributed by atoms with Gasteiger partial charge in [0.05, 0.1) is 12.1 Å². The van der Waals surface area contributed by atoms with Crippen LogP contribution in [0.5, 0.6) is 0 Å². The lowest BCUT2D eigenvalue weighted by Gasteiger charge is -2.31. The Morgan fingerprint density at radius 2 is 1.67 bits per heavy atom. The van der Waals surface area contributed by atoms with Crippen LogP contribution in [0.4, 0.5) is 0 Å². The van der Waals surface area contributed by atoms with E-state index in [0.717, 1.165) is 10.1 Å². The zero-order chi connectivity index (χ0) is 22.0. The maximum absolute atomic E-state index is 13.3. The highest BCUT2D eigenvalue weighted by Crippen LogP contribution is 2.12. The van der Waals surface area contributed by atoms with Crippen molar-refractivity contribution in [3.8, 4) is 0 Å². The van der Waals surface area contributed by atoms with E-state index >= 15 is 0 Å². The average molecular weight is 429 g/mol. The normalized spacial score (nSPS) is 11.4. The molecule has 0 radical (unpaired) electrons. The number of carbonyl (C=O) groups excluding carboxylic acids is 1. The molecule has 7 nitrogen and oxygen atoms in total. The van der Waals surface area contributed by atoms with Crippen molar-refractivity contribution in [1.29, 1.82) is 0 Å². The third kappa shape index (κ3) is 4.31. The number of halogens is 1. The number of fused-ring (bicyclic) bond motifs is 1. The molecular weight excluding hydrogens is 404 g/mol. The zero-order valence-corrected chi connectivity index (χ0v) is 18.3. The Morgan fingerprint density at radius 1 is 1.03 bits per heavy atom. The molecule has 8 heteroatoms. The van der Waals surface area contributed by atoms with Crippen molar-refractivity contribution in [2.24, 2.45) is 0 Å². The van der Waals surface area contributed by atoms with Crippen LogP contribution in [0.1, 0.15) is 33.3 Å². The molecule has 30 heavy (non-hydrogen) atoms. The second-order valence-electron chi connectivity index (χ2n) is 7.75. The van der Waals surface area contributed by atoms with Gasteiger partial charge in [-0.1, -0.05) is 23.7 Å². The van der Waals surface area contributed by atoms with Gasteiger partial charge in [-0.25, -0.2) is 9.78 Å². The van der Waals surface area contributed by atoms with Crippen LogP contribution in [0.2, 0.25) is 5.02 Å². The van der Waals surface area contributed by atoms with Gasteiger partial charge in [0.1, 0.15) is 6.54 Å². The minimum absolute atomic E-state index is 0.0161. The summed E-state index contributed by atoms with van der Waals surface area (Å²) in [6, 6.07) is 10.2. The van der Waals surface area contributed by atoms with E-state index in [0.29, 0.717) is 10.5 Å². The molecular formula is C22H25ClN4O3. The fourth-order valence-electron chi connectivity index (χ4n) is 3.70. The Kier molecular flexibility index (Phi) is 6.41. The third-order valence-electron chi connectivity index (χ3n) is 4.93. The van der Waals surface area contributed by atoms with Crippen LogP contribution >= 0.6 is 11.6 Å². The summed E-state index contributed by atoms with van der Waals surface area (Å²) < 4.78 is 2.45. The molecule has 0 aliphatic carbocycles.